The van der Waals surface area contributed by atoms with Crippen molar-refractivity contribution in [1.29, 1.82) is 0 Å². The number of amides is 2. The van der Waals surface area contributed by atoms with Crippen LogP contribution in [0.4, 0.5) is 4.79 Å². The normalized spacial score (nSPS) is 16.5. The fraction of sp³-hybridized carbons (Fsp3) is 0.333. The van der Waals surface area contributed by atoms with Gasteiger partial charge in [-0.3, -0.25) is 19.7 Å². The second kappa shape index (κ2) is 8.23. The predicted molar refractivity (Wildman–Crippen MR) is 90.2 cm³/mol. The highest BCUT2D eigenvalue weighted by atomic mass is 16.6. The Morgan fingerprint density at radius 2 is 2.08 bits per heavy atom. The molecule has 1 aliphatic rings. The first-order valence-electron chi connectivity index (χ1n) is 8.24. The Balaban J connectivity index is 1.52. The number of aromatic nitrogens is 2. The zero-order valence-corrected chi connectivity index (χ0v) is 13.8. The Morgan fingerprint density at radius 1 is 1.24 bits per heavy atom. The van der Waals surface area contributed by atoms with Crippen LogP contribution in [0, 0.1) is 0 Å². The number of nitrogens with one attached hydrogen (secondary N) is 1. The molecule has 2 aromatic rings. The van der Waals surface area contributed by atoms with Crippen LogP contribution in [-0.4, -0.2) is 39.5 Å². The minimum atomic E-state index is -0.500. The monoisotopic (exact) mass is 340 g/mol. The molecular formula is C18H20N4O3. The predicted octanol–water partition coefficient (Wildman–Crippen LogP) is 1.89. The zero-order valence-electron chi connectivity index (χ0n) is 13.8. The van der Waals surface area contributed by atoms with Crippen molar-refractivity contribution in [2.45, 2.75) is 32.0 Å². The molecule has 25 heavy (non-hydrogen) atoms. The summed E-state index contributed by atoms with van der Waals surface area (Å²) >= 11 is 0. The van der Waals surface area contributed by atoms with Gasteiger partial charge < -0.3 is 10.1 Å². The molecule has 7 heteroatoms. The van der Waals surface area contributed by atoms with Crippen molar-refractivity contribution in [3.05, 3.63) is 60.2 Å². The fourth-order valence-corrected chi connectivity index (χ4v) is 2.78. The molecule has 3 rings (SSSR count). The van der Waals surface area contributed by atoms with Crippen molar-refractivity contribution in [3.63, 3.8) is 0 Å². The standard InChI is InChI=1S/C18H20N4O3/c23-17(21-12-15-11-19-8-9-20-15)16-7-4-10-22(16)18(24)25-13-14-5-2-1-3-6-14/h1-3,5-6,8-9,11,16H,4,7,10,12-13H2,(H,21,23)/t16-/m0/s1. The van der Waals surface area contributed by atoms with Crippen molar-refractivity contribution in [3.8, 4) is 0 Å². The summed E-state index contributed by atoms with van der Waals surface area (Å²) in [6, 6.07) is 8.97. The number of rotatable bonds is 5. The van der Waals surface area contributed by atoms with Crippen LogP contribution in [0.3, 0.4) is 0 Å². The maximum atomic E-state index is 12.4. The SMILES string of the molecule is O=C(NCc1cnccn1)[C@@H]1CCCN1C(=O)OCc1ccccc1. The van der Waals surface area contributed by atoms with Gasteiger partial charge >= 0.3 is 6.09 Å². The van der Waals surface area contributed by atoms with Crippen LogP contribution in [-0.2, 0) is 22.7 Å². The highest BCUT2D eigenvalue weighted by molar-refractivity contribution is 5.86. The van der Waals surface area contributed by atoms with Gasteiger partial charge in [0, 0.05) is 18.9 Å². The molecule has 0 saturated carbocycles. The Morgan fingerprint density at radius 3 is 2.84 bits per heavy atom. The first-order valence-corrected chi connectivity index (χ1v) is 8.24. The first kappa shape index (κ1) is 16.9. The molecular weight excluding hydrogens is 320 g/mol. The molecule has 1 aromatic carbocycles. The van der Waals surface area contributed by atoms with Crippen LogP contribution in [0.25, 0.3) is 0 Å². The van der Waals surface area contributed by atoms with Gasteiger partial charge in [-0.25, -0.2) is 4.79 Å². The molecule has 0 bridgehead atoms. The minimum Gasteiger partial charge on any atom is -0.445 e. The minimum absolute atomic E-state index is 0.195. The van der Waals surface area contributed by atoms with E-state index in [1.165, 1.54) is 4.90 Å². The number of nitrogens with zero attached hydrogens (tertiary/aromatic N) is 3. The molecule has 130 valence electrons. The Labute approximate surface area is 146 Å². The van der Waals surface area contributed by atoms with Gasteiger partial charge in [0.05, 0.1) is 18.4 Å². The van der Waals surface area contributed by atoms with Crippen LogP contribution in [0.2, 0.25) is 0 Å². The summed E-state index contributed by atoms with van der Waals surface area (Å²) in [6.07, 6.45) is 5.70. The molecule has 2 heterocycles. The maximum Gasteiger partial charge on any atom is 0.410 e. The maximum absolute atomic E-state index is 12.4. The third kappa shape index (κ3) is 4.53. The molecule has 2 amide bonds. The highest BCUT2D eigenvalue weighted by Crippen LogP contribution is 2.19. The van der Waals surface area contributed by atoms with Crippen LogP contribution in [0.5, 0.6) is 0 Å². The van der Waals surface area contributed by atoms with Gasteiger partial charge in [-0.15, -0.1) is 0 Å². The third-order valence-corrected chi connectivity index (χ3v) is 4.06. The molecule has 0 unspecified atom stereocenters. The number of hydrogen-bond acceptors (Lipinski definition) is 5. The largest absolute Gasteiger partial charge is 0.445 e. The highest BCUT2D eigenvalue weighted by Gasteiger charge is 2.35. The molecule has 1 saturated heterocycles. The lowest BCUT2D eigenvalue weighted by atomic mass is 10.2. The smallest absolute Gasteiger partial charge is 0.410 e. The zero-order chi connectivity index (χ0) is 17.5. The molecule has 1 aliphatic heterocycles. The second-order valence-corrected chi connectivity index (χ2v) is 5.81. The van der Waals surface area contributed by atoms with Crippen LogP contribution in [0.15, 0.2) is 48.9 Å². The van der Waals surface area contributed by atoms with Crippen molar-refractivity contribution in [2.24, 2.45) is 0 Å². The first-order chi connectivity index (χ1) is 12.2. The van der Waals surface area contributed by atoms with E-state index < -0.39 is 12.1 Å². The third-order valence-electron chi connectivity index (χ3n) is 4.06. The van der Waals surface area contributed by atoms with E-state index in [-0.39, 0.29) is 19.1 Å². The number of likely N-dealkylation sites (tertiary alicyclic amines) is 1. The van der Waals surface area contributed by atoms with E-state index in [1.54, 1.807) is 18.6 Å². The van der Waals surface area contributed by atoms with Gasteiger partial charge in [0.2, 0.25) is 5.91 Å². The van der Waals surface area contributed by atoms with Gasteiger partial charge in [0.15, 0.2) is 0 Å². The molecule has 0 aliphatic carbocycles. The van der Waals surface area contributed by atoms with Crippen LogP contribution >= 0.6 is 0 Å². The lowest BCUT2D eigenvalue weighted by Crippen LogP contribution is -2.45. The summed E-state index contributed by atoms with van der Waals surface area (Å²) < 4.78 is 5.34. The summed E-state index contributed by atoms with van der Waals surface area (Å²) in [4.78, 5) is 34.3. The van der Waals surface area contributed by atoms with E-state index in [4.69, 9.17) is 4.74 Å². The van der Waals surface area contributed by atoms with E-state index in [0.717, 1.165) is 12.0 Å². The number of carbonyl (C=O) groups excluding carboxylic acids is 2. The average Bonchev–Trinajstić information content (AvgIpc) is 3.16. The number of benzene rings is 1. The van der Waals surface area contributed by atoms with Gasteiger partial charge in [0.25, 0.3) is 0 Å². The molecule has 1 atom stereocenters. The van der Waals surface area contributed by atoms with Crippen LogP contribution in [0.1, 0.15) is 24.1 Å². The Kier molecular flexibility index (Phi) is 5.56. The Hall–Kier alpha value is -2.96. The van der Waals surface area contributed by atoms with E-state index in [1.807, 2.05) is 30.3 Å². The number of carbonyl (C=O) groups is 2. The van der Waals surface area contributed by atoms with Gasteiger partial charge in [0.1, 0.15) is 12.6 Å². The Bertz CT molecular complexity index is 647. The van der Waals surface area contributed by atoms with Crippen LogP contribution < -0.4 is 5.32 Å². The van der Waals surface area contributed by atoms with Gasteiger partial charge in [-0.2, -0.15) is 0 Å². The van der Waals surface area contributed by atoms with Crippen molar-refractivity contribution in [2.75, 3.05) is 6.54 Å². The molecule has 0 spiro atoms. The van der Waals surface area contributed by atoms with E-state index in [2.05, 4.69) is 15.3 Å². The molecule has 7 nitrogen and oxygen atoms in total. The van der Waals surface area contributed by atoms with Crippen molar-refractivity contribution >= 4 is 12.0 Å². The fourth-order valence-electron chi connectivity index (χ4n) is 2.78. The lowest BCUT2D eigenvalue weighted by Gasteiger charge is -2.23. The topological polar surface area (TPSA) is 84.4 Å². The molecule has 1 aromatic heterocycles. The summed E-state index contributed by atoms with van der Waals surface area (Å²) in [5.74, 6) is -0.195. The summed E-state index contributed by atoms with van der Waals surface area (Å²) in [5, 5.41) is 2.81. The van der Waals surface area contributed by atoms with E-state index in [0.29, 0.717) is 18.7 Å². The molecule has 1 fully saturated rings. The number of hydrogen-bond donors (Lipinski definition) is 1. The summed E-state index contributed by atoms with van der Waals surface area (Å²) in [7, 11) is 0. The van der Waals surface area contributed by atoms with Crippen molar-refractivity contribution in [1.82, 2.24) is 20.2 Å². The summed E-state index contributed by atoms with van der Waals surface area (Å²) in [6.45, 7) is 1.01. The molecule has 1 N–H and O–H groups in total. The summed E-state index contributed by atoms with van der Waals surface area (Å²) in [5.41, 5.74) is 1.59. The van der Waals surface area contributed by atoms with E-state index in [9.17, 15) is 9.59 Å². The molecule has 0 radical (unpaired) electrons. The van der Waals surface area contributed by atoms with Gasteiger partial charge in [-0.05, 0) is 18.4 Å². The van der Waals surface area contributed by atoms with E-state index >= 15 is 0 Å². The lowest BCUT2D eigenvalue weighted by molar-refractivity contribution is -0.125. The second-order valence-electron chi connectivity index (χ2n) is 5.81. The quantitative estimate of drug-likeness (QED) is 0.898. The van der Waals surface area contributed by atoms with Gasteiger partial charge in [-0.1, -0.05) is 30.3 Å². The average molecular weight is 340 g/mol. The van der Waals surface area contributed by atoms with Crippen molar-refractivity contribution < 1.29 is 14.3 Å². The number of ether oxygens (including phenoxy) is 1.